The van der Waals surface area contributed by atoms with Crippen molar-refractivity contribution in [1.82, 2.24) is 20.5 Å². The molecule has 1 aliphatic rings. The lowest BCUT2D eigenvalue weighted by Crippen LogP contribution is -2.50. The van der Waals surface area contributed by atoms with Crippen LogP contribution >= 0.6 is 22.6 Å². The summed E-state index contributed by atoms with van der Waals surface area (Å²) in [5, 5.41) is 17.5. The summed E-state index contributed by atoms with van der Waals surface area (Å²) in [6, 6.07) is 5.45. The zero-order valence-corrected chi connectivity index (χ0v) is 24.7. The van der Waals surface area contributed by atoms with Crippen molar-refractivity contribution in [3.8, 4) is 11.6 Å². The van der Waals surface area contributed by atoms with Gasteiger partial charge in [0.25, 0.3) is 5.89 Å². The molecule has 0 radical (unpaired) electrons. The van der Waals surface area contributed by atoms with Gasteiger partial charge >= 0.3 is 18.3 Å². The highest BCUT2D eigenvalue weighted by Gasteiger charge is 2.33. The maximum atomic E-state index is 12.8. The number of aromatic nitrogens is 3. The highest BCUT2D eigenvalue weighted by atomic mass is 127. The van der Waals surface area contributed by atoms with Crippen LogP contribution in [0.5, 0.6) is 0 Å². The number of fused-ring (bicyclic) bond motifs is 1. The van der Waals surface area contributed by atoms with Crippen LogP contribution in [0.4, 0.5) is 29.7 Å². The van der Waals surface area contributed by atoms with Crippen LogP contribution < -0.4 is 16.0 Å². The zero-order valence-electron chi connectivity index (χ0n) is 22.6. The maximum Gasteiger partial charge on any atom is 0.407 e. The molecular weight excluding hydrogens is 628 g/mol. The van der Waals surface area contributed by atoms with Gasteiger partial charge in [-0.05, 0) is 83.7 Å². The molecule has 0 aliphatic heterocycles. The molecule has 0 spiro atoms. The summed E-state index contributed by atoms with van der Waals surface area (Å²) in [6.45, 7) is 10.1. The fourth-order valence-corrected chi connectivity index (χ4v) is 4.66. The molecule has 2 aromatic heterocycles. The van der Waals surface area contributed by atoms with E-state index in [2.05, 4.69) is 48.7 Å². The molecule has 13 heteroatoms. The minimum absolute atomic E-state index is 0.00453. The number of nitrogens with one attached hydrogen (secondary N) is 3. The van der Waals surface area contributed by atoms with Crippen LogP contribution in [0.2, 0.25) is 0 Å². The number of benzene rings is 1. The van der Waals surface area contributed by atoms with Crippen molar-refractivity contribution in [3.63, 3.8) is 0 Å². The van der Waals surface area contributed by atoms with Crippen LogP contribution in [0.25, 0.3) is 22.5 Å². The summed E-state index contributed by atoms with van der Waals surface area (Å²) in [6.07, 6.45) is -3.40. The molecular formula is C26H32F3IN6O3. The van der Waals surface area contributed by atoms with E-state index in [1.165, 1.54) is 0 Å². The fourth-order valence-electron chi connectivity index (χ4n) is 4.25. The average Bonchev–Trinajstić information content (AvgIpc) is 3.22. The molecule has 0 unspecified atom stereocenters. The summed E-state index contributed by atoms with van der Waals surface area (Å²) in [5.41, 5.74) is 2.55. The number of carbonyl (C=O) groups excluding carboxylic acids is 1. The second-order valence-corrected chi connectivity index (χ2v) is 14.0. The SMILES string of the molecule is Cc1cc(-c2nnc(NC3CC(NC(=O)OC(C)(C)C)C3)o2)nc2c(C(C)(C)I)cc(NCC(F)(F)F)cc12. The first kappa shape index (κ1) is 29.2. The highest BCUT2D eigenvalue weighted by Crippen LogP contribution is 2.39. The number of rotatable bonds is 7. The van der Waals surface area contributed by atoms with E-state index < -0.39 is 27.8 Å². The Bertz CT molecular complexity index is 1360. The molecule has 1 saturated carbocycles. The van der Waals surface area contributed by atoms with Gasteiger partial charge in [-0.3, -0.25) is 0 Å². The number of pyridine rings is 1. The Kier molecular flexibility index (Phi) is 7.94. The Morgan fingerprint density at radius 1 is 1.10 bits per heavy atom. The van der Waals surface area contributed by atoms with Gasteiger partial charge in [-0.2, -0.15) is 13.2 Å². The Morgan fingerprint density at radius 3 is 2.41 bits per heavy atom. The molecule has 1 fully saturated rings. The normalized spacial score (nSPS) is 18.0. The van der Waals surface area contributed by atoms with E-state index in [-0.39, 0.29) is 24.0 Å². The Morgan fingerprint density at radius 2 is 1.79 bits per heavy atom. The summed E-state index contributed by atoms with van der Waals surface area (Å²) in [7, 11) is 0. The molecule has 39 heavy (non-hydrogen) atoms. The summed E-state index contributed by atoms with van der Waals surface area (Å²) >= 11 is 2.25. The minimum Gasteiger partial charge on any atom is -0.444 e. The molecule has 1 amide bonds. The number of alkyl halides is 4. The lowest BCUT2D eigenvalue weighted by atomic mass is 9.87. The van der Waals surface area contributed by atoms with Crippen molar-refractivity contribution in [2.45, 2.75) is 81.7 Å². The van der Waals surface area contributed by atoms with Gasteiger partial charge < -0.3 is 25.1 Å². The van der Waals surface area contributed by atoms with E-state index in [9.17, 15) is 18.0 Å². The average molecular weight is 660 g/mol. The lowest BCUT2D eigenvalue weighted by molar-refractivity contribution is -0.115. The molecule has 9 nitrogen and oxygen atoms in total. The molecule has 1 aliphatic carbocycles. The molecule has 3 aromatic rings. The smallest absolute Gasteiger partial charge is 0.407 e. The number of carbonyl (C=O) groups is 1. The van der Waals surface area contributed by atoms with Crippen LogP contribution in [-0.4, -0.2) is 51.7 Å². The van der Waals surface area contributed by atoms with Crippen LogP contribution in [0.3, 0.4) is 0 Å². The summed E-state index contributed by atoms with van der Waals surface area (Å²) < 4.78 is 49.1. The highest BCUT2D eigenvalue weighted by molar-refractivity contribution is 14.1. The molecule has 0 atom stereocenters. The summed E-state index contributed by atoms with van der Waals surface area (Å²) in [5.74, 6) is 0.224. The number of nitrogens with zero attached hydrogens (tertiary/aromatic N) is 3. The number of hydrogen-bond donors (Lipinski definition) is 3. The van der Waals surface area contributed by atoms with E-state index in [4.69, 9.17) is 14.1 Å². The van der Waals surface area contributed by atoms with Crippen LogP contribution in [0.1, 0.15) is 58.6 Å². The Balaban J connectivity index is 1.50. The van der Waals surface area contributed by atoms with Crippen molar-refractivity contribution in [2.24, 2.45) is 0 Å². The number of anilines is 2. The molecule has 2 heterocycles. The van der Waals surface area contributed by atoms with Crippen LogP contribution in [0.15, 0.2) is 22.6 Å². The molecule has 4 rings (SSSR count). The van der Waals surface area contributed by atoms with Gasteiger partial charge in [0.1, 0.15) is 17.8 Å². The Hall–Kier alpha value is -2.84. The second kappa shape index (κ2) is 10.6. The third-order valence-electron chi connectivity index (χ3n) is 6.08. The topological polar surface area (TPSA) is 114 Å². The van der Waals surface area contributed by atoms with Crippen LogP contribution in [-0.2, 0) is 8.16 Å². The molecule has 0 bridgehead atoms. The number of aryl methyl sites for hydroxylation is 1. The second-order valence-electron chi connectivity index (χ2n) is 11.3. The van der Waals surface area contributed by atoms with Crippen molar-refractivity contribution in [2.75, 3.05) is 17.2 Å². The van der Waals surface area contributed by atoms with Gasteiger partial charge in [0.15, 0.2) is 0 Å². The van der Waals surface area contributed by atoms with Gasteiger partial charge in [-0.1, -0.05) is 27.7 Å². The number of ether oxygens (including phenoxy) is 1. The molecule has 0 saturated heterocycles. The third kappa shape index (κ3) is 7.63. The number of alkyl carbamates (subject to hydrolysis) is 1. The van der Waals surface area contributed by atoms with Gasteiger partial charge in [0.2, 0.25) is 0 Å². The molecule has 1 aromatic carbocycles. The summed E-state index contributed by atoms with van der Waals surface area (Å²) in [4.78, 5) is 16.7. The van der Waals surface area contributed by atoms with E-state index >= 15 is 0 Å². The van der Waals surface area contributed by atoms with Crippen LogP contribution in [0, 0.1) is 6.92 Å². The van der Waals surface area contributed by atoms with Crippen molar-refractivity contribution in [1.29, 1.82) is 0 Å². The molecule has 3 N–H and O–H groups in total. The maximum absolute atomic E-state index is 12.8. The molecule has 212 valence electrons. The van der Waals surface area contributed by atoms with E-state index in [1.807, 2.05) is 41.5 Å². The Labute approximate surface area is 238 Å². The largest absolute Gasteiger partial charge is 0.444 e. The van der Waals surface area contributed by atoms with Crippen molar-refractivity contribution in [3.05, 3.63) is 29.3 Å². The van der Waals surface area contributed by atoms with Gasteiger partial charge in [-0.25, -0.2) is 9.78 Å². The van der Waals surface area contributed by atoms with Crippen molar-refractivity contribution < 1.29 is 27.1 Å². The van der Waals surface area contributed by atoms with E-state index in [0.29, 0.717) is 29.7 Å². The zero-order chi connectivity index (χ0) is 28.8. The van der Waals surface area contributed by atoms with Gasteiger partial charge in [-0.15, -0.1) is 5.10 Å². The number of hydrogen-bond acceptors (Lipinski definition) is 8. The number of halogens is 4. The first-order chi connectivity index (χ1) is 18.0. The quantitative estimate of drug-likeness (QED) is 0.190. The predicted molar refractivity (Wildman–Crippen MR) is 151 cm³/mol. The predicted octanol–water partition coefficient (Wildman–Crippen LogP) is 6.71. The minimum atomic E-state index is -4.33. The van der Waals surface area contributed by atoms with E-state index in [1.54, 1.807) is 18.2 Å². The fraction of sp³-hybridized carbons (Fsp3) is 0.538. The van der Waals surface area contributed by atoms with Gasteiger partial charge in [0, 0.05) is 26.6 Å². The standard InChI is InChI=1S/C26H32F3IN6O3/c1-13-7-19(34-20-17(13)10-14(31-12-26(27,28)29)11-18(20)25(5,6)30)21-35-36-22(38-21)32-15-8-16(9-15)33-23(37)39-24(2,3)4/h7,10-11,15-16,31H,8-9,12H2,1-6H3,(H,32,36)(H,33,37). The first-order valence-electron chi connectivity index (χ1n) is 12.5. The monoisotopic (exact) mass is 660 g/mol. The van der Waals surface area contributed by atoms with E-state index in [0.717, 1.165) is 16.5 Å². The van der Waals surface area contributed by atoms with Gasteiger partial charge in [0.05, 0.1) is 5.52 Å². The van der Waals surface area contributed by atoms with Crippen molar-refractivity contribution >= 4 is 51.3 Å². The third-order valence-corrected chi connectivity index (χ3v) is 6.67. The first-order valence-corrected chi connectivity index (χ1v) is 13.6. The lowest BCUT2D eigenvalue weighted by Gasteiger charge is -2.36. The number of amides is 1.